The second-order valence-corrected chi connectivity index (χ2v) is 9.31. The molecule has 3 rings (SSSR count). The summed E-state index contributed by atoms with van der Waals surface area (Å²) in [5.41, 5.74) is -2.22. The third kappa shape index (κ3) is 8.34. The number of hydrogen-bond acceptors (Lipinski definition) is 4. The number of thiophene rings is 1. The number of carbonyl (C=O) groups excluding carboxylic acids is 2. The first-order chi connectivity index (χ1) is 18.4. The first kappa shape index (κ1) is 29.8. The smallest absolute Gasteiger partial charge is 0.370 e. The lowest BCUT2D eigenvalue weighted by Gasteiger charge is -2.25. The van der Waals surface area contributed by atoms with Gasteiger partial charge in [-0.25, -0.2) is 0 Å². The van der Waals surface area contributed by atoms with Gasteiger partial charge in [0.1, 0.15) is 5.70 Å². The minimum absolute atomic E-state index is 0.0534. The third-order valence-corrected chi connectivity index (χ3v) is 6.37. The van der Waals surface area contributed by atoms with Crippen molar-refractivity contribution in [3.05, 3.63) is 93.3 Å². The van der Waals surface area contributed by atoms with Crippen molar-refractivity contribution in [2.24, 2.45) is 0 Å². The molecule has 0 unspecified atom stereocenters. The fourth-order valence-electron chi connectivity index (χ4n) is 3.71. The number of rotatable bonds is 10. The molecule has 0 aliphatic carbocycles. The van der Waals surface area contributed by atoms with Crippen molar-refractivity contribution < 1.29 is 35.9 Å². The summed E-state index contributed by atoms with van der Waals surface area (Å²) in [7, 11) is 0. The van der Waals surface area contributed by atoms with Crippen LogP contribution in [-0.2, 0) is 17.1 Å². The molecule has 0 atom stereocenters. The van der Waals surface area contributed by atoms with Crippen molar-refractivity contribution in [2.45, 2.75) is 25.7 Å². The van der Waals surface area contributed by atoms with E-state index in [9.17, 15) is 35.9 Å². The lowest BCUT2D eigenvalue weighted by molar-refractivity contribution is -0.138. The molecule has 0 saturated carbocycles. The van der Waals surface area contributed by atoms with Crippen molar-refractivity contribution >= 4 is 34.9 Å². The van der Waals surface area contributed by atoms with Crippen LogP contribution >= 0.6 is 11.3 Å². The molecule has 1 aromatic heterocycles. The van der Waals surface area contributed by atoms with E-state index in [0.29, 0.717) is 18.7 Å². The fraction of sp³-hybridized carbons (Fsp3) is 0.259. The third-order valence-electron chi connectivity index (χ3n) is 5.50. The average Bonchev–Trinajstić information content (AvgIpc) is 3.42. The molecule has 0 aliphatic rings. The van der Waals surface area contributed by atoms with E-state index < -0.39 is 41.0 Å². The molecule has 39 heavy (non-hydrogen) atoms. The monoisotopic (exact) mass is 569 g/mol. The average molecular weight is 570 g/mol. The first-order valence-electron chi connectivity index (χ1n) is 11.8. The predicted molar refractivity (Wildman–Crippen MR) is 138 cm³/mol. The summed E-state index contributed by atoms with van der Waals surface area (Å²) < 4.78 is 80.1. The van der Waals surface area contributed by atoms with Gasteiger partial charge in [0, 0.05) is 25.3 Å². The van der Waals surface area contributed by atoms with Crippen molar-refractivity contribution in [2.75, 3.05) is 24.5 Å². The Morgan fingerprint density at radius 3 is 2.31 bits per heavy atom. The Kier molecular flexibility index (Phi) is 9.79. The zero-order valence-electron chi connectivity index (χ0n) is 20.7. The second kappa shape index (κ2) is 12.8. The highest BCUT2D eigenvalue weighted by atomic mass is 32.1. The van der Waals surface area contributed by atoms with Crippen molar-refractivity contribution in [3.63, 3.8) is 0 Å². The molecule has 12 heteroatoms. The molecule has 2 amide bonds. The molecule has 208 valence electrons. The van der Waals surface area contributed by atoms with E-state index in [1.54, 1.807) is 16.3 Å². The molecule has 1 heterocycles. The molecule has 2 aromatic carbocycles. The van der Waals surface area contributed by atoms with Gasteiger partial charge in [-0.15, -0.1) is 11.3 Å². The summed E-state index contributed by atoms with van der Waals surface area (Å²) in [5, 5.41) is 6.56. The van der Waals surface area contributed by atoms with Crippen LogP contribution < -0.4 is 15.5 Å². The second-order valence-electron chi connectivity index (χ2n) is 8.37. The van der Waals surface area contributed by atoms with Crippen LogP contribution in [0.5, 0.6) is 0 Å². The number of nitrogens with zero attached hydrogens (tertiary/aromatic N) is 1. The summed E-state index contributed by atoms with van der Waals surface area (Å²) >= 11 is 1.09. The van der Waals surface area contributed by atoms with E-state index in [0.717, 1.165) is 35.6 Å². The maximum absolute atomic E-state index is 13.5. The molecule has 5 nitrogen and oxygen atoms in total. The van der Waals surface area contributed by atoms with Crippen LogP contribution in [0.1, 0.15) is 39.7 Å². The summed E-state index contributed by atoms with van der Waals surface area (Å²) in [4.78, 5) is 27.6. The highest BCUT2D eigenvalue weighted by Gasteiger charge is 2.33. The number of anilines is 1. The lowest BCUT2D eigenvalue weighted by Crippen LogP contribution is -2.39. The molecule has 0 radical (unpaired) electrons. The molecular formula is C27H25F6N3O2S. The number of benzene rings is 2. The van der Waals surface area contributed by atoms with Crippen LogP contribution in [-0.4, -0.2) is 31.4 Å². The van der Waals surface area contributed by atoms with Gasteiger partial charge in [-0.05, 0) is 53.8 Å². The first-order valence-corrected chi connectivity index (χ1v) is 12.7. The van der Waals surface area contributed by atoms with E-state index in [1.807, 2.05) is 6.92 Å². The maximum Gasteiger partial charge on any atom is 0.416 e. The maximum atomic E-state index is 13.5. The quantitative estimate of drug-likeness (QED) is 0.214. The summed E-state index contributed by atoms with van der Waals surface area (Å²) in [5.74, 6) is -1.52. The van der Waals surface area contributed by atoms with Gasteiger partial charge in [-0.3, -0.25) is 9.59 Å². The molecule has 0 fully saturated rings. The van der Waals surface area contributed by atoms with Crippen molar-refractivity contribution in [1.82, 2.24) is 10.6 Å². The Hall–Kier alpha value is -3.80. The van der Waals surface area contributed by atoms with Crippen LogP contribution in [0, 0.1) is 0 Å². The van der Waals surface area contributed by atoms with E-state index in [-0.39, 0.29) is 23.5 Å². The Morgan fingerprint density at radius 2 is 1.67 bits per heavy atom. The summed E-state index contributed by atoms with van der Waals surface area (Å²) in [6.45, 7) is 2.31. The van der Waals surface area contributed by atoms with Crippen LogP contribution in [0.2, 0.25) is 0 Å². The van der Waals surface area contributed by atoms with Gasteiger partial charge in [-0.2, -0.15) is 26.3 Å². The number of halogens is 6. The van der Waals surface area contributed by atoms with Crippen LogP contribution in [0.25, 0.3) is 6.08 Å². The van der Waals surface area contributed by atoms with Gasteiger partial charge in [-0.1, -0.05) is 37.3 Å². The zero-order chi connectivity index (χ0) is 28.6. The van der Waals surface area contributed by atoms with E-state index in [4.69, 9.17) is 0 Å². The molecule has 3 aromatic rings. The van der Waals surface area contributed by atoms with Gasteiger partial charge in [0.25, 0.3) is 11.8 Å². The van der Waals surface area contributed by atoms with Gasteiger partial charge in [0.15, 0.2) is 0 Å². The Labute approximate surface area is 225 Å². The zero-order valence-corrected chi connectivity index (χ0v) is 21.5. The largest absolute Gasteiger partial charge is 0.416 e. The Bertz CT molecular complexity index is 1300. The van der Waals surface area contributed by atoms with Crippen LogP contribution in [0.4, 0.5) is 32.0 Å². The standard InChI is InChI=1S/C27H25F6N3O2S/c1-2-13-36(20-9-5-8-19(17-20)26(28,29)30)14-12-34-24(37)22(35-25(38)23-11-6-15-39-23)16-18-7-3-4-10-21(18)27(31,32)33/h3-11,15-17H,2,12-14H2,1H3,(H,34,37)(H,35,38)/b22-16-. The molecular weight excluding hydrogens is 544 g/mol. The highest BCUT2D eigenvalue weighted by molar-refractivity contribution is 7.12. The number of nitrogens with one attached hydrogen (secondary N) is 2. The summed E-state index contributed by atoms with van der Waals surface area (Å²) in [6.07, 6.45) is -7.66. The topological polar surface area (TPSA) is 61.4 Å². The Balaban J connectivity index is 1.82. The van der Waals surface area contributed by atoms with E-state index in [1.165, 1.54) is 36.4 Å². The van der Waals surface area contributed by atoms with Crippen molar-refractivity contribution in [3.8, 4) is 0 Å². The number of alkyl halides is 6. The van der Waals surface area contributed by atoms with E-state index in [2.05, 4.69) is 10.6 Å². The molecule has 0 aliphatic heterocycles. The SMILES string of the molecule is CCCN(CCNC(=O)/C(=C/c1ccccc1C(F)(F)F)NC(=O)c1cccs1)c1cccc(C(F)(F)F)c1. The Morgan fingerprint density at radius 1 is 0.923 bits per heavy atom. The van der Waals surface area contributed by atoms with Gasteiger partial charge in [0.05, 0.1) is 16.0 Å². The molecule has 0 saturated heterocycles. The predicted octanol–water partition coefficient (Wildman–Crippen LogP) is 6.59. The van der Waals surface area contributed by atoms with Crippen LogP contribution in [0.3, 0.4) is 0 Å². The van der Waals surface area contributed by atoms with Gasteiger partial charge >= 0.3 is 12.4 Å². The number of hydrogen-bond donors (Lipinski definition) is 2. The summed E-state index contributed by atoms with van der Waals surface area (Å²) in [6, 6.07) is 12.5. The van der Waals surface area contributed by atoms with Crippen molar-refractivity contribution in [1.29, 1.82) is 0 Å². The number of carbonyl (C=O) groups is 2. The number of amides is 2. The minimum atomic E-state index is -4.70. The molecule has 0 bridgehead atoms. The molecule has 2 N–H and O–H groups in total. The van der Waals surface area contributed by atoms with Crippen LogP contribution in [0.15, 0.2) is 71.7 Å². The fourth-order valence-corrected chi connectivity index (χ4v) is 4.32. The normalized spacial score (nSPS) is 12.2. The lowest BCUT2D eigenvalue weighted by atomic mass is 10.1. The minimum Gasteiger partial charge on any atom is -0.370 e. The van der Waals surface area contributed by atoms with Gasteiger partial charge < -0.3 is 15.5 Å². The highest BCUT2D eigenvalue weighted by Crippen LogP contribution is 2.33. The van der Waals surface area contributed by atoms with E-state index >= 15 is 0 Å². The van der Waals surface area contributed by atoms with Gasteiger partial charge in [0.2, 0.25) is 0 Å². The molecule has 0 spiro atoms.